The summed E-state index contributed by atoms with van der Waals surface area (Å²) in [6.45, 7) is 0. The number of hydrogen-bond donors (Lipinski definition) is 2. The molecular weight excluding hydrogens is 430 g/mol. The summed E-state index contributed by atoms with van der Waals surface area (Å²) < 4.78 is 120. The van der Waals surface area contributed by atoms with Crippen LogP contribution in [-0.4, -0.2) is 51.9 Å². The van der Waals surface area contributed by atoms with E-state index in [2.05, 4.69) is 17.3 Å². The molecule has 0 aliphatic heterocycles. The van der Waals surface area contributed by atoms with E-state index >= 15 is 0 Å². The molecule has 0 saturated heterocycles. The van der Waals surface area contributed by atoms with Crippen molar-refractivity contribution in [1.29, 1.82) is 0 Å². The van der Waals surface area contributed by atoms with Gasteiger partial charge in [0.25, 0.3) is 0 Å². The maximum atomic E-state index is 9.51. The average Bonchev–Trinajstić information content (AvgIpc) is 2.09. The van der Waals surface area contributed by atoms with Crippen LogP contribution in [0.2, 0.25) is 0 Å². The van der Waals surface area contributed by atoms with Crippen LogP contribution in [0.3, 0.4) is 0 Å². The molecule has 124 valence electrons. The first-order chi connectivity index (χ1) is 8.41. The van der Waals surface area contributed by atoms with Gasteiger partial charge in [0, 0.05) is 0 Å². The van der Waals surface area contributed by atoms with Gasteiger partial charge in [-0.05, 0) is 0 Å². The Kier molecular flexibility index (Phi) is 17.0. The zero-order valence-corrected chi connectivity index (χ0v) is 17.5. The molecule has 0 aromatic rings. The fourth-order valence-corrected chi connectivity index (χ4v) is 1.24. The van der Waals surface area contributed by atoms with Gasteiger partial charge in [0.1, 0.15) is 0 Å². The van der Waals surface area contributed by atoms with Crippen molar-refractivity contribution in [1.82, 2.24) is 0 Å². The normalized spacial score (nSPS) is 12.2. The van der Waals surface area contributed by atoms with Crippen LogP contribution in [0.15, 0.2) is 0 Å². The van der Waals surface area contributed by atoms with Gasteiger partial charge in [0.2, 0.25) is 20.8 Å². The van der Waals surface area contributed by atoms with Crippen molar-refractivity contribution in [3.8, 4) is 0 Å². The standard InChI is InChI=1S/2Na.2H2O8S2/c;;2*1-9(2,3)7-8-10(4,5)6/h;;2*(H,1,2,3)(H,4,5,6)/q2*+1;;/p-2. The maximum absolute atomic E-state index is 9.51. The van der Waals surface area contributed by atoms with E-state index in [0.29, 0.717) is 0 Å². The summed E-state index contributed by atoms with van der Waals surface area (Å²) in [6, 6.07) is 0. The summed E-state index contributed by atoms with van der Waals surface area (Å²) in [6.07, 6.45) is 0. The van der Waals surface area contributed by atoms with Crippen molar-refractivity contribution < 1.29 is 128 Å². The molecule has 22 heavy (non-hydrogen) atoms. The van der Waals surface area contributed by atoms with E-state index in [1.54, 1.807) is 0 Å². The minimum atomic E-state index is -5.31. The zero-order valence-electron chi connectivity index (χ0n) is 10.2. The van der Waals surface area contributed by atoms with Gasteiger partial charge in [0.15, 0.2) is 0 Å². The molecule has 0 saturated carbocycles. The number of hydrogen-bond acceptors (Lipinski definition) is 14. The Labute approximate surface area is 168 Å². The second-order valence-electron chi connectivity index (χ2n) is 1.94. The Morgan fingerprint density at radius 2 is 0.727 bits per heavy atom. The topological polar surface area (TPSA) is 260 Å². The molecule has 0 radical (unpaired) electrons. The molecule has 0 spiro atoms. The summed E-state index contributed by atoms with van der Waals surface area (Å²) in [5.74, 6) is 0. The second kappa shape index (κ2) is 11.9. The van der Waals surface area contributed by atoms with E-state index in [9.17, 15) is 42.8 Å². The Balaban J connectivity index is -0.000000135. The summed E-state index contributed by atoms with van der Waals surface area (Å²) in [5.41, 5.74) is 0. The molecule has 0 fully saturated rings. The largest absolute Gasteiger partial charge is 1.00 e. The minimum absolute atomic E-state index is 0. The summed E-state index contributed by atoms with van der Waals surface area (Å²) in [7, 11) is -20.7. The van der Waals surface area contributed by atoms with Crippen molar-refractivity contribution in [2.24, 2.45) is 0 Å². The molecule has 0 aromatic heterocycles. The molecule has 0 rings (SSSR count). The Bertz CT molecular complexity index is 560. The summed E-state index contributed by atoms with van der Waals surface area (Å²) in [5, 5.41) is 0. The first-order valence-corrected chi connectivity index (χ1v) is 8.43. The van der Waals surface area contributed by atoms with E-state index in [1.807, 2.05) is 0 Å². The van der Waals surface area contributed by atoms with Crippen LogP contribution < -0.4 is 59.1 Å². The molecule has 22 heteroatoms. The van der Waals surface area contributed by atoms with E-state index in [1.165, 1.54) is 0 Å². The molecule has 0 amide bonds. The van der Waals surface area contributed by atoms with Crippen LogP contribution in [0.4, 0.5) is 0 Å². The van der Waals surface area contributed by atoms with E-state index in [0.717, 1.165) is 0 Å². The van der Waals surface area contributed by atoms with Gasteiger partial charge in [-0.3, -0.25) is 9.11 Å². The predicted octanol–water partition coefficient (Wildman–Crippen LogP) is -9.60. The monoisotopic (exact) mass is 432 g/mol. The van der Waals surface area contributed by atoms with Crippen LogP contribution >= 0.6 is 0 Å². The van der Waals surface area contributed by atoms with Crippen LogP contribution in [0.1, 0.15) is 0 Å². The summed E-state index contributed by atoms with van der Waals surface area (Å²) in [4.78, 5) is 0. The van der Waals surface area contributed by atoms with Crippen LogP contribution in [0, 0.1) is 0 Å². The Morgan fingerprint density at radius 1 is 0.545 bits per heavy atom. The smallest absolute Gasteiger partial charge is 0.724 e. The zero-order chi connectivity index (χ0) is 16.8. The fraction of sp³-hybridized carbons (Fsp3) is 0. The van der Waals surface area contributed by atoms with E-state index in [4.69, 9.17) is 9.11 Å². The Morgan fingerprint density at radius 3 is 0.818 bits per heavy atom. The molecule has 0 aliphatic rings. The first-order valence-electron chi connectivity index (χ1n) is 3.03. The van der Waals surface area contributed by atoms with Crippen LogP contribution in [0.5, 0.6) is 0 Å². The van der Waals surface area contributed by atoms with Gasteiger partial charge in [0.05, 0.1) is 0 Å². The number of rotatable bonds is 6. The van der Waals surface area contributed by atoms with Crippen LogP contribution in [0.25, 0.3) is 0 Å². The van der Waals surface area contributed by atoms with Crippen molar-refractivity contribution in [3.63, 3.8) is 0 Å². The van der Waals surface area contributed by atoms with Crippen molar-refractivity contribution >= 4 is 41.6 Å². The maximum Gasteiger partial charge on any atom is 1.00 e. The minimum Gasteiger partial charge on any atom is -0.724 e. The molecule has 0 atom stereocenters. The van der Waals surface area contributed by atoms with Gasteiger partial charge < -0.3 is 9.11 Å². The van der Waals surface area contributed by atoms with Gasteiger partial charge >= 0.3 is 79.9 Å². The quantitative estimate of drug-likeness (QED) is 0.130. The van der Waals surface area contributed by atoms with Gasteiger partial charge in [-0.2, -0.15) is 16.8 Å². The second-order valence-corrected chi connectivity index (χ2v) is 5.83. The van der Waals surface area contributed by atoms with Crippen molar-refractivity contribution in [2.75, 3.05) is 0 Å². The van der Waals surface area contributed by atoms with E-state index < -0.39 is 41.6 Å². The van der Waals surface area contributed by atoms with Gasteiger partial charge in [-0.15, -0.1) is 8.67 Å². The third-order valence-electron chi connectivity index (χ3n) is 0.394. The molecule has 0 aromatic carbocycles. The van der Waals surface area contributed by atoms with E-state index in [-0.39, 0.29) is 59.1 Å². The molecule has 0 unspecified atom stereocenters. The molecule has 2 N–H and O–H groups in total. The molecule has 0 heterocycles. The van der Waals surface area contributed by atoms with Crippen molar-refractivity contribution in [2.45, 2.75) is 0 Å². The molecule has 0 bridgehead atoms. The predicted molar refractivity (Wildman–Crippen MR) is 46.8 cm³/mol. The first kappa shape index (κ1) is 31.3. The average molecular weight is 432 g/mol. The SMILES string of the molecule is O=S(=O)(O)OOS(=O)(=O)O.O=S(=O)([O-])OOS(=O)(=O)[O-].[Na+].[Na+]. The third-order valence-corrected chi connectivity index (χ3v) is 1.52. The molecular formula is H2Na2O16S4. The fourth-order valence-electron chi connectivity index (χ4n) is 0.138. The third kappa shape index (κ3) is 37.6. The molecule has 0 aliphatic carbocycles. The Hall–Kier alpha value is 1.48. The van der Waals surface area contributed by atoms with Crippen LogP contribution in [-0.2, 0) is 58.9 Å². The summed E-state index contributed by atoms with van der Waals surface area (Å²) >= 11 is 0. The molecule has 16 nitrogen and oxygen atoms in total. The van der Waals surface area contributed by atoms with Crippen molar-refractivity contribution in [3.05, 3.63) is 0 Å². The van der Waals surface area contributed by atoms with Gasteiger partial charge in [-0.1, -0.05) is 8.67 Å². The van der Waals surface area contributed by atoms with Gasteiger partial charge in [-0.25, -0.2) is 16.8 Å².